The standard InChI is InChI=1S/C12H20N2O4/c1-12(18,10(15)16)7-13-11(17)14-5-8-3-2-4-9(8)6-14/h8-9,18H,2-7H2,1H3,(H,13,17)(H,15,16). The highest BCUT2D eigenvalue weighted by atomic mass is 16.4. The normalized spacial score (nSPS) is 29.8. The van der Waals surface area contributed by atoms with Crippen LogP contribution in [0.1, 0.15) is 26.2 Å². The molecule has 0 aromatic heterocycles. The molecule has 1 aliphatic carbocycles. The number of carbonyl (C=O) groups excluding carboxylic acids is 1. The van der Waals surface area contributed by atoms with Crippen molar-refractivity contribution in [2.24, 2.45) is 11.8 Å². The van der Waals surface area contributed by atoms with E-state index in [2.05, 4.69) is 5.32 Å². The SMILES string of the molecule is CC(O)(CNC(=O)N1CC2CCCC2C1)C(=O)O. The number of aliphatic hydroxyl groups is 1. The van der Waals surface area contributed by atoms with Gasteiger partial charge in [0.25, 0.3) is 0 Å². The highest BCUT2D eigenvalue weighted by Gasteiger charge is 2.38. The molecule has 102 valence electrons. The lowest BCUT2D eigenvalue weighted by Gasteiger charge is -2.22. The van der Waals surface area contributed by atoms with Gasteiger partial charge in [0.1, 0.15) is 0 Å². The number of urea groups is 1. The molecule has 1 aliphatic heterocycles. The molecule has 1 heterocycles. The number of aliphatic carboxylic acids is 1. The number of carboxylic acids is 1. The Balaban J connectivity index is 1.81. The maximum absolute atomic E-state index is 11.9. The van der Waals surface area contributed by atoms with Gasteiger partial charge in [-0.15, -0.1) is 0 Å². The number of likely N-dealkylation sites (tertiary alicyclic amines) is 1. The molecule has 0 aromatic carbocycles. The average molecular weight is 256 g/mol. The van der Waals surface area contributed by atoms with Gasteiger partial charge in [0, 0.05) is 13.1 Å². The maximum atomic E-state index is 11.9. The van der Waals surface area contributed by atoms with Crippen LogP contribution in [0, 0.1) is 11.8 Å². The Morgan fingerprint density at radius 3 is 2.39 bits per heavy atom. The first-order valence-corrected chi connectivity index (χ1v) is 6.38. The number of nitrogens with zero attached hydrogens (tertiary/aromatic N) is 1. The number of fused-ring (bicyclic) bond motifs is 1. The first-order chi connectivity index (χ1) is 8.40. The van der Waals surface area contributed by atoms with Gasteiger partial charge in [-0.2, -0.15) is 0 Å². The van der Waals surface area contributed by atoms with Crippen molar-refractivity contribution >= 4 is 12.0 Å². The van der Waals surface area contributed by atoms with E-state index in [-0.39, 0.29) is 12.6 Å². The summed E-state index contributed by atoms with van der Waals surface area (Å²) in [7, 11) is 0. The quantitative estimate of drug-likeness (QED) is 0.676. The Morgan fingerprint density at radius 1 is 1.33 bits per heavy atom. The number of rotatable bonds is 3. The third kappa shape index (κ3) is 2.58. The lowest BCUT2D eigenvalue weighted by Crippen LogP contribution is -2.49. The molecule has 6 heteroatoms. The molecule has 18 heavy (non-hydrogen) atoms. The summed E-state index contributed by atoms with van der Waals surface area (Å²) in [5, 5.41) is 20.7. The smallest absolute Gasteiger partial charge is 0.337 e. The van der Waals surface area contributed by atoms with Crippen molar-refractivity contribution in [1.82, 2.24) is 10.2 Å². The van der Waals surface area contributed by atoms with Crippen LogP contribution in [0.5, 0.6) is 0 Å². The minimum absolute atomic E-state index is 0.271. The summed E-state index contributed by atoms with van der Waals surface area (Å²) in [5.74, 6) is -0.118. The largest absolute Gasteiger partial charge is 0.479 e. The molecule has 3 unspecified atom stereocenters. The number of hydrogen-bond acceptors (Lipinski definition) is 3. The summed E-state index contributed by atoms with van der Waals surface area (Å²) >= 11 is 0. The van der Waals surface area contributed by atoms with Crippen molar-refractivity contribution in [3.8, 4) is 0 Å². The van der Waals surface area contributed by atoms with Gasteiger partial charge in [-0.1, -0.05) is 6.42 Å². The highest BCUT2D eigenvalue weighted by Crippen LogP contribution is 2.37. The van der Waals surface area contributed by atoms with E-state index in [9.17, 15) is 14.7 Å². The zero-order valence-corrected chi connectivity index (χ0v) is 10.6. The Kier molecular flexibility index (Phi) is 3.47. The van der Waals surface area contributed by atoms with Gasteiger partial charge in [-0.3, -0.25) is 0 Å². The summed E-state index contributed by atoms with van der Waals surface area (Å²) in [6.45, 7) is 2.42. The van der Waals surface area contributed by atoms with Crippen LogP contribution in [0.2, 0.25) is 0 Å². The Hall–Kier alpha value is -1.30. The summed E-state index contributed by atoms with van der Waals surface area (Å²) < 4.78 is 0. The molecule has 1 saturated carbocycles. The van der Waals surface area contributed by atoms with Crippen LogP contribution >= 0.6 is 0 Å². The van der Waals surface area contributed by atoms with Crippen LogP contribution in [0.25, 0.3) is 0 Å². The molecule has 2 amide bonds. The summed E-state index contributed by atoms with van der Waals surface area (Å²) in [4.78, 5) is 24.3. The van der Waals surface area contributed by atoms with E-state index in [1.54, 1.807) is 4.90 Å². The van der Waals surface area contributed by atoms with Crippen LogP contribution in [-0.4, -0.2) is 52.3 Å². The molecule has 2 rings (SSSR count). The van der Waals surface area contributed by atoms with Crippen molar-refractivity contribution < 1.29 is 19.8 Å². The van der Waals surface area contributed by atoms with E-state index >= 15 is 0 Å². The van der Waals surface area contributed by atoms with Crippen molar-refractivity contribution in [2.45, 2.75) is 31.8 Å². The second-order valence-electron chi connectivity index (χ2n) is 5.59. The second-order valence-corrected chi connectivity index (χ2v) is 5.59. The van der Waals surface area contributed by atoms with Crippen LogP contribution in [0.4, 0.5) is 4.79 Å². The lowest BCUT2D eigenvalue weighted by atomic mass is 10.0. The Morgan fingerprint density at radius 2 is 1.89 bits per heavy atom. The molecule has 0 bridgehead atoms. The van der Waals surface area contributed by atoms with Crippen molar-refractivity contribution in [3.63, 3.8) is 0 Å². The van der Waals surface area contributed by atoms with Gasteiger partial charge in [0.2, 0.25) is 0 Å². The predicted octanol–water partition coefficient (Wildman–Crippen LogP) is 0.263. The van der Waals surface area contributed by atoms with Crippen LogP contribution in [-0.2, 0) is 4.79 Å². The molecule has 1 saturated heterocycles. The van der Waals surface area contributed by atoms with E-state index in [0.29, 0.717) is 11.8 Å². The fraction of sp³-hybridized carbons (Fsp3) is 0.833. The van der Waals surface area contributed by atoms with E-state index < -0.39 is 11.6 Å². The first kappa shape index (κ1) is 13.1. The van der Waals surface area contributed by atoms with Crippen LogP contribution < -0.4 is 5.32 Å². The molecule has 3 atom stereocenters. The molecule has 2 aliphatic rings. The van der Waals surface area contributed by atoms with Crippen LogP contribution in [0.15, 0.2) is 0 Å². The number of carbonyl (C=O) groups is 2. The second kappa shape index (κ2) is 4.76. The topological polar surface area (TPSA) is 89.9 Å². The zero-order valence-electron chi connectivity index (χ0n) is 10.6. The molecule has 3 N–H and O–H groups in total. The fourth-order valence-corrected chi connectivity index (χ4v) is 2.84. The van der Waals surface area contributed by atoms with E-state index in [4.69, 9.17) is 5.11 Å². The molecule has 6 nitrogen and oxygen atoms in total. The third-order valence-electron chi connectivity index (χ3n) is 4.06. The predicted molar refractivity (Wildman–Crippen MR) is 64.1 cm³/mol. The first-order valence-electron chi connectivity index (χ1n) is 6.38. The minimum Gasteiger partial charge on any atom is -0.479 e. The fourth-order valence-electron chi connectivity index (χ4n) is 2.84. The van der Waals surface area contributed by atoms with Gasteiger partial charge in [0.15, 0.2) is 5.60 Å². The van der Waals surface area contributed by atoms with Gasteiger partial charge in [-0.05, 0) is 31.6 Å². The molecular weight excluding hydrogens is 236 g/mol. The van der Waals surface area contributed by atoms with Gasteiger partial charge in [0.05, 0.1) is 6.54 Å². The van der Waals surface area contributed by atoms with Crippen molar-refractivity contribution in [1.29, 1.82) is 0 Å². The minimum atomic E-state index is -1.91. The summed E-state index contributed by atoms with van der Waals surface area (Å²) in [6.07, 6.45) is 3.61. The Bertz CT molecular complexity index is 344. The van der Waals surface area contributed by atoms with E-state index in [0.717, 1.165) is 13.1 Å². The van der Waals surface area contributed by atoms with Gasteiger partial charge < -0.3 is 20.4 Å². The van der Waals surface area contributed by atoms with Crippen molar-refractivity contribution in [2.75, 3.05) is 19.6 Å². The number of hydrogen-bond donors (Lipinski definition) is 3. The van der Waals surface area contributed by atoms with E-state index in [1.807, 2.05) is 0 Å². The van der Waals surface area contributed by atoms with Crippen molar-refractivity contribution in [3.05, 3.63) is 0 Å². The molecule has 0 spiro atoms. The monoisotopic (exact) mass is 256 g/mol. The Labute approximate surface area is 106 Å². The lowest BCUT2D eigenvalue weighted by molar-refractivity contribution is -0.155. The molecular formula is C12H20N2O4. The third-order valence-corrected chi connectivity index (χ3v) is 4.06. The summed E-state index contributed by atoms with van der Waals surface area (Å²) in [5.41, 5.74) is -1.91. The average Bonchev–Trinajstić information content (AvgIpc) is 2.85. The molecule has 0 radical (unpaired) electrons. The van der Waals surface area contributed by atoms with Gasteiger partial charge >= 0.3 is 12.0 Å². The zero-order chi connectivity index (χ0) is 13.3. The summed E-state index contributed by atoms with van der Waals surface area (Å²) in [6, 6.07) is -0.272. The maximum Gasteiger partial charge on any atom is 0.337 e. The van der Waals surface area contributed by atoms with Crippen LogP contribution in [0.3, 0.4) is 0 Å². The molecule has 0 aromatic rings. The number of amides is 2. The van der Waals surface area contributed by atoms with Gasteiger partial charge in [-0.25, -0.2) is 9.59 Å². The van der Waals surface area contributed by atoms with E-state index in [1.165, 1.54) is 26.2 Å². The highest BCUT2D eigenvalue weighted by molar-refractivity contribution is 5.79. The number of nitrogens with one attached hydrogen (secondary N) is 1. The number of carboxylic acid groups (broad SMARTS) is 1. The molecule has 2 fully saturated rings.